The van der Waals surface area contributed by atoms with Gasteiger partial charge >= 0.3 is 5.97 Å². The van der Waals surface area contributed by atoms with Crippen LogP contribution in [0.1, 0.15) is 22.5 Å². The Morgan fingerprint density at radius 2 is 2.00 bits per heavy atom. The largest absolute Gasteiger partial charge is 0.481 e. The quantitative estimate of drug-likeness (QED) is 0.852. The Balaban J connectivity index is 1.99. The Hall–Kier alpha value is -2.70. The molecule has 1 amide bonds. The van der Waals surface area contributed by atoms with Crippen molar-refractivity contribution >= 4 is 11.9 Å². The monoisotopic (exact) mass is 288 g/mol. The van der Waals surface area contributed by atoms with E-state index in [2.05, 4.69) is 10.3 Å². The molecular formula is C14H16N4O3. The number of aromatic nitrogens is 3. The van der Waals surface area contributed by atoms with Gasteiger partial charge in [0.25, 0.3) is 5.91 Å². The van der Waals surface area contributed by atoms with E-state index in [9.17, 15) is 9.59 Å². The van der Waals surface area contributed by atoms with Gasteiger partial charge in [-0.1, -0.05) is 35.5 Å². The van der Waals surface area contributed by atoms with E-state index in [4.69, 9.17) is 5.11 Å². The first-order chi connectivity index (χ1) is 10.1. The normalized spacial score (nSPS) is 10.3. The van der Waals surface area contributed by atoms with E-state index < -0.39 is 5.97 Å². The molecule has 0 saturated carbocycles. The van der Waals surface area contributed by atoms with Crippen LogP contribution in [0.15, 0.2) is 36.5 Å². The summed E-state index contributed by atoms with van der Waals surface area (Å²) in [6, 6.07) is 9.71. The molecule has 2 rings (SSSR count). The Morgan fingerprint density at radius 1 is 1.29 bits per heavy atom. The summed E-state index contributed by atoms with van der Waals surface area (Å²) < 4.78 is 1.58. The van der Waals surface area contributed by atoms with Crippen molar-refractivity contribution in [2.45, 2.75) is 13.0 Å². The van der Waals surface area contributed by atoms with Crippen LogP contribution in [-0.4, -0.2) is 50.5 Å². The summed E-state index contributed by atoms with van der Waals surface area (Å²) in [7, 11) is 1.54. The Labute approximate surface area is 121 Å². The Bertz CT molecular complexity index is 624. The van der Waals surface area contributed by atoms with Gasteiger partial charge in [0.2, 0.25) is 0 Å². The first-order valence-corrected chi connectivity index (χ1v) is 6.47. The minimum absolute atomic E-state index is 0.0968. The van der Waals surface area contributed by atoms with Crippen molar-refractivity contribution in [2.75, 3.05) is 13.6 Å². The maximum atomic E-state index is 12.0. The van der Waals surface area contributed by atoms with Crippen LogP contribution < -0.4 is 0 Å². The lowest BCUT2D eigenvalue weighted by Gasteiger charge is -2.13. The first-order valence-electron chi connectivity index (χ1n) is 6.47. The third-order valence-electron chi connectivity index (χ3n) is 2.95. The van der Waals surface area contributed by atoms with Gasteiger partial charge in [0.05, 0.1) is 19.2 Å². The van der Waals surface area contributed by atoms with E-state index in [1.54, 1.807) is 17.9 Å². The van der Waals surface area contributed by atoms with Gasteiger partial charge in [0.15, 0.2) is 5.69 Å². The van der Waals surface area contributed by atoms with Crippen molar-refractivity contribution in [2.24, 2.45) is 0 Å². The second-order valence-corrected chi connectivity index (χ2v) is 4.66. The first kappa shape index (κ1) is 14.7. The molecular weight excluding hydrogens is 272 g/mol. The summed E-state index contributed by atoms with van der Waals surface area (Å²) in [5.41, 5.74) is 1.26. The molecule has 0 saturated heterocycles. The fraction of sp³-hybridized carbons (Fsp3) is 0.286. The summed E-state index contributed by atoms with van der Waals surface area (Å²) in [6.07, 6.45) is 1.47. The van der Waals surface area contributed by atoms with Gasteiger partial charge < -0.3 is 10.0 Å². The fourth-order valence-electron chi connectivity index (χ4n) is 1.80. The predicted octanol–water partition coefficient (Wildman–Crippen LogP) is 0.873. The molecule has 2 aromatic rings. The number of hydrogen-bond acceptors (Lipinski definition) is 4. The van der Waals surface area contributed by atoms with Crippen LogP contribution in [0.3, 0.4) is 0 Å². The molecule has 0 spiro atoms. The third kappa shape index (κ3) is 4.13. The molecule has 0 bridgehead atoms. The van der Waals surface area contributed by atoms with Crippen LogP contribution in [0.25, 0.3) is 0 Å². The molecule has 1 aromatic carbocycles. The number of carbonyl (C=O) groups is 2. The molecule has 1 heterocycles. The zero-order valence-corrected chi connectivity index (χ0v) is 11.6. The number of carbonyl (C=O) groups excluding carboxylic acids is 1. The summed E-state index contributed by atoms with van der Waals surface area (Å²) >= 11 is 0. The van der Waals surface area contributed by atoms with E-state index in [1.165, 1.54) is 4.90 Å². The van der Waals surface area contributed by atoms with Crippen LogP contribution in [0.2, 0.25) is 0 Å². The standard InChI is InChI=1S/C14H16N4O3/c1-17(8-7-13(19)20)14(21)12-10-18(16-15-12)9-11-5-3-2-4-6-11/h2-6,10H,7-9H2,1H3,(H,19,20). The lowest BCUT2D eigenvalue weighted by atomic mass is 10.2. The topological polar surface area (TPSA) is 88.3 Å². The average molecular weight is 288 g/mol. The lowest BCUT2D eigenvalue weighted by Crippen LogP contribution is -2.29. The number of carboxylic acids is 1. The summed E-state index contributed by atoms with van der Waals surface area (Å²) in [5.74, 6) is -1.28. The third-order valence-corrected chi connectivity index (χ3v) is 2.95. The molecule has 0 unspecified atom stereocenters. The molecule has 21 heavy (non-hydrogen) atoms. The summed E-state index contributed by atoms with van der Waals surface area (Å²) in [6.45, 7) is 0.666. The smallest absolute Gasteiger partial charge is 0.305 e. The molecule has 110 valence electrons. The molecule has 0 aliphatic rings. The van der Waals surface area contributed by atoms with E-state index in [1.807, 2.05) is 30.3 Å². The predicted molar refractivity (Wildman–Crippen MR) is 74.8 cm³/mol. The van der Waals surface area contributed by atoms with E-state index >= 15 is 0 Å². The Kier molecular flexibility index (Phi) is 4.65. The van der Waals surface area contributed by atoms with Crippen LogP contribution in [0.5, 0.6) is 0 Å². The SMILES string of the molecule is CN(CCC(=O)O)C(=O)c1cn(Cc2ccccc2)nn1. The van der Waals surface area contributed by atoms with Crippen molar-refractivity contribution in [3.63, 3.8) is 0 Å². The van der Waals surface area contributed by atoms with E-state index in [0.29, 0.717) is 6.54 Å². The van der Waals surface area contributed by atoms with Crippen LogP contribution in [0.4, 0.5) is 0 Å². The zero-order valence-electron chi connectivity index (χ0n) is 11.6. The van der Waals surface area contributed by atoms with Gasteiger partial charge in [-0.25, -0.2) is 4.68 Å². The molecule has 0 aliphatic heterocycles. The van der Waals surface area contributed by atoms with Crippen LogP contribution in [-0.2, 0) is 11.3 Å². The highest BCUT2D eigenvalue weighted by molar-refractivity contribution is 5.91. The fourth-order valence-corrected chi connectivity index (χ4v) is 1.80. The number of benzene rings is 1. The van der Waals surface area contributed by atoms with Crippen molar-refractivity contribution in [1.82, 2.24) is 19.9 Å². The van der Waals surface area contributed by atoms with Gasteiger partial charge in [-0.2, -0.15) is 0 Å². The molecule has 0 radical (unpaired) electrons. The van der Waals surface area contributed by atoms with Gasteiger partial charge in [0.1, 0.15) is 0 Å². The summed E-state index contributed by atoms with van der Waals surface area (Å²) in [4.78, 5) is 23.9. The maximum Gasteiger partial charge on any atom is 0.305 e. The second kappa shape index (κ2) is 6.65. The van der Waals surface area contributed by atoms with Crippen molar-refractivity contribution < 1.29 is 14.7 Å². The average Bonchev–Trinajstić information content (AvgIpc) is 2.93. The van der Waals surface area contributed by atoms with E-state index in [-0.39, 0.29) is 24.6 Å². The van der Waals surface area contributed by atoms with E-state index in [0.717, 1.165) is 5.56 Å². The molecule has 7 nitrogen and oxygen atoms in total. The van der Waals surface area contributed by atoms with Gasteiger partial charge in [-0.05, 0) is 5.56 Å². The van der Waals surface area contributed by atoms with Crippen LogP contribution in [0, 0.1) is 0 Å². The van der Waals surface area contributed by atoms with Crippen molar-refractivity contribution in [1.29, 1.82) is 0 Å². The number of carboxylic acid groups (broad SMARTS) is 1. The van der Waals surface area contributed by atoms with Crippen LogP contribution >= 0.6 is 0 Å². The molecule has 1 N–H and O–H groups in total. The van der Waals surface area contributed by atoms with Gasteiger partial charge in [-0.15, -0.1) is 5.10 Å². The lowest BCUT2D eigenvalue weighted by molar-refractivity contribution is -0.137. The molecule has 7 heteroatoms. The number of rotatable bonds is 6. The highest BCUT2D eigenvalue weighted by Crippen LogP contribution is 2.04. The number of nitrogens with zero attached hydrogens (tertiary/aromatic N) is 4. The molecule has 0 aliphatic carbocycles. The molecule has 1 aromatic heterocycles. The molecule has 0 atom stereocenters. The minimum Gasteiger partial charge on any atom is -0.481 e. The number of amides is 1. The van der Waals surface area contributed by atoms with Gasteiger partial charge in [-0.3, -0.25) is 9.59 Å². The Morgan fingerprint density at radius 3 is 2.67 bits per heavy atom. The minimum atomic E-state index is -0.942. The van der Waals surface area contributed by atoms with Gasteiger partial charge in [0, 0.05) is 13.6 Å². The second-order valence-electron chi connectivity index (χ2n) is 4.66. The van der Waals surface area contributed by atoms with Crippen molar-refractivity contribution in [3.05, 3.63) is 47.8 Å². The number of aliphatic carboxylic acids is 1. The highest BCUT2D eigenvalue weighted by Gasteiger charge is 2.16. The summed E-state index contributed by atoms with van der Waals surface area (Å²) in [5, 5.41) is 16.4. The molecule has 0 fully saturated rings. The maximum absolute atomic E-state index is 12.0. The number of hydrogen-bond donors (Lipinski definition) is 1. The highest BCUT2D eigenvalue weighted by atomic mass is 16.4. The van der Waals surface area contributed by atoms with Crippen molar-refractivity contribution in [3.8, 4) is 0 Å². The zero-order chi connectivity index (χ0) is 15.2.